The maximum absolute atomic E-state index is 12.4. The molecule has 0 radical (unpaired) electrons. The Morgan fingerprint density at radius 1 is 1.29 bits per heavy atom. The first kappa shape index (κ1) is 17.0. The van der Waals surface area contributed by atoms with Gasteiger partial charge in [0.1, 0.15) is 6.54 Å². The summed E-state index contributed by atoms with van der Waals surface area (Å²) in [6, 6.07) is 7.46. The predicted molar refractivity (Wildman–Crippen MR) is 83.3 cm³/mol. The van der Waals surface area contributed by atoms with Gasteiger partial charge in [-0.15, -0.1) is 6.58 Å². The maximum atomic E-state index is 12.4. The van der Waals surface area contributed by atoms with Crippen LogP contribution in [0.1, 0.15) is 42.6 Å². The minimum atomic E-state index is -0.411. The van der Waals surface area contributed by atoms with Gasteiger partial charge < -0.3 is 9.64 Å². The Morgan fingerprint density at radius 2 is 1.90 bits per heavy atom. The van der Waals surface area contributed by atoms with Gasteiger partial charge in [0.05, 0.1) is 6.61 Å². The van der Waals surface area contributed by atoms with Crippen LogP contribution in [0.2, 0.25) is 0 Å². The molecule has 1 amide bonds. The Labute approximate surface area is 126 Å². The predicted octanol–water partition coefficient (Wildman–Crippen LogP) is 3.00. The number of benzene rings is 1. The van der Waals surface area contributed by atoms with Gasteiger partial charge in [-0.25, -0.2) is 0 Å². The van der Waals surface area contributed by atoms with Crippen LogP contribution in [0.25, 0.3) is 0 Å². The van der Waals surface area contributed by atoms with E-state index in [-0.39, 0.29) is 12.5 Å². The molecule has 0 bridgehead atoms. The summed E-state index contributed by atoms with van der Waals surface area (Å²) in [5.41, 5.74) is 1.73. The second-order valence-electron chi connectivity index (χ2n) is 5.06. The fourth-order valence-electron chi connectivity index (χ4n) is 1.93. The first-order valence-electron chi connectivity index (χ1n) is 7.15. The van der Waals surface area contributed by atoms with E-state index in [1.54, 1.807) is 25.1 Å². The molecule has 0 spiro atoms. The number of amides is 1. The highest BCUT2D eigenvalue weighted by Gasteiger charge is 2.18. The lowest BCUT2D eigenvalue weighted by Crippen LogP contribution is -2.36. The van der Waals surface area contributed by atoms with Crippen LogP contribution in [0.3, 0.4) is 0 Å². The van der Waals surface area contributed by atoms with Crippen molar-refractivity contribution in [3.8, 4) is 0 Å². The highest BCUT2D eigenvalue weighted by atomic mass is 16.5. The smallest absolute Gasteiger partial charge is 0.325 e. The lowest BCUT2D eigenvalue weighted by Gasteiger charge is -2.20. The van der Waals surface area contributed by atoms with Crippen molar-refractivity contribution in [2.24, 2.45) is 0 Å². The summed E-state index contributed by atoms with van der Waals surface area (Å²) < 4.78 is 4.89. The minimum absolute atomic E-state index is 0.0649. The fraction of sp³-hybridized carbons (Fsp3) is 0.412. The number of esters is 1. The molecule has 0 saturated heterocycles. The van der Waals surface area contributed by atoms with Gasteiger partial charge in [0.15, 0.2) is 0 Å². The molecule has 0 aliphatic heterocycles. The monoisotopic (exact) mass is 289 g/mol. The molecule has 0 aliphatic rings. The van der Waals surface area contributed by atoms with E-state index in [9.17, 15) is 9.59 Å². The number of carbonyl (C=O) groups is 2. The summed E-state index contributed by atoms with van der Waals surface area (Å²) in [6.07, 6.45) is 1.60. The summed E-state index contributed by atoms with van der Waals surface area (Å²) in [5.74, 6) is -0.192. The highest BCUT2D eigenvalue weighted by molar-refractivity contribution is 5.96. The first-order valence-corrected chi connectivity index (χ1v) is 7.15. The van der Waals surface area contributed by atoms with Crippen LogP contribution in [0.4, 0.5) is 0 Å². The molecular formula is C17H23NO3. The molecule has 1 aromatic rings. The van der Waals surface area contributed by atoms with E-state index in [4.69, 9.17) is 4.74 Å². The molecule has 0 aliphatic carbocycles. The van der Waals surface area contributed by atoms with Crippen LogP contribution in [-0.2, 0) is 9.53 Å². The summed E-state index contributed by atoms with van der Waals surface area (Å²) in [7, 11) is 0. The van der Waals surface area contributed by atoms with Crippen LogP contribution in [0.15, 0.2) is 36.9 Å². The standard InChI is InChI=1S/C17H23NO3/c1-5-11-18(12-16(19)21-6-2)17(20)15-9-7-14(8-10-15)13(3)4/h5,7-10,13H,1,6,11-12H2,2-4H3. The van der Waals surface area contributed by atoms with E-state index < -0.39 is 5.97 Å². The zero-order valence-electron chi connectivity index (χ0n) is 13.0. The van der Waals surface area contributed by atoms with Crippen molar-refractivity contribution in [2.75, 3.05) is 19.7 Å². The van der Waals surface area contributed by atoms with Gasteiger partial charge in [-0.3, -0.25) is 9.59 Å². The van der Waals surface area contributed by atoms with Crippen molar-refractivity contribution in [3.05, 3.63) is 48.0 Å². The number of hydrogen-bond donors (Lipinski definition) is 0. The van der Waals surface area contributed by atoms with Gasteiger partial charge in [0, 0.05) is 12.1 Å². The van der Waals surface area contributed by atoms with Crippen molar-refractivity contribution < 1.29 is 14.3 Å². The molecule has 0 fully saturated rings. The second kappa shape index (κ2) is 8.25. The molecule has 0 unspecified atom stereocenters. The van der Waals surface area contributed by atoms with E-state index in [2.05, 4.69) is 20.4 Å². The summed E-state index contributed by atoms with van der Waals surface area (Å²) >= 11 is 0. The molecular weight excluding hydrogens is 266 g/mol. The lowest BCUT2D eigenvalue weighted by atomic mass is 10.0. The van der Waals surface area contributed by atoms with Crippen LogP contribution >= 0.6 is 0 Å². The molecule has 1 aromatic carbocycles. The lowest BCUT2D eigenvalue weighted by molar-refractivity contribution is -0.143. The zero-order valence-corrected chi connectivity index (χ0v) is 13.0. The van der Waals surface area contributed by atoms with Gasteiger partial charge >= 0.3 is 5.97 Å². The number of hydrogen-bond acceptors (Lipinski definition) is 3. The van der Waals surface area contributed by atoms with Gasteiger partial charge in [0.2, 0.25) is 0 Å². The Bertz CT molecular complexity index is 491. The Morgan fingerprint density at radius 3 is 2.38 bits per heavy atom. The van der Waals surface area contributed by atoms with Crippen molar-refractivity contribution in [3.63, 3.8) is 0 Å². The molecule has 4 nitrogen and oxygen atoms in total. The molecule has 0 saturated carbocycles. The van der Waals surface area contributed by atoms with E-state index in [1.807, 2.05) is 12.1 Å². The van der Waals surface area contributed by atoms with E-state index in [0.29, 0.717) is 24.6 Å². The third-order valence-corrected chi connectivity index (χ3v) is 3.09. The molecule has 1 rings (SSSR count). The summed E-state index contributed by atoms with van der Waals surface area (Å²) in [6.45, 7) is 10.1. The van der Waals surface area contributed by atoms with Gasteiger partial charge in [-0.1, -0.05) is 32.1 Å². The van der Waals surface area contributed by atoms with Crippen LogP contribution in [-0.4, -0.2) is 36.5 Å². The molecule has 0 heterocycles. The summed E-state index contributed by atoms with van der Waals surface area (Å²) in [4.78, 5) is 25.4. The third kappa shape index (κ3) is 5.06. The molecule has 114 valence electrons. The van der Waals surface area contributed by atoms with E-state index in [1.165, 1.54) is 10.5 Å². The SMILES string of the molecule is C=CCN(CC(=O)OCC)C(=O)c1ccc(C(C)C)cc1. The first-order chi connectivity index (χ1) is 9.99. The molecule has 0 N–H and O–H groups in total. The van der Waals surface area contributed by atoms with Crippen molar-refractivity contribution in [1.82, 2.24) is 4.90 Å². The van der Waals surface area contributed by atoms with Crippen LogP contribution < -0.4 is 0 Å². The van der Waals surface area contributed by atoms with E-state index >= 15 is 0 Å². The molecule has 4 heteroatoms. The van der Waals surface area contributed by atoms with Crippen molar-refractivity contribution in [2.45, 2.75) is 26.7 Å². The normalized spacial score (nSPS) is 10.3. The van der Waals surface area contributed by atoms with Crippen molar-refractivity contribution in [1.29, 1.82) is 0 Å². The van der Waals surface area contributed by atoms with Gasteiger partial charge in [-0.2, -0.15) is 0 Å². The molecule has 0 atom stereocenters. The topological polar surface area (TPSA) is 46.6 Å². The van der Waals surface area contributed by atoms with Gasteiger partial charge in [-0.05, 0) is 30.5 Å². The second-order valence-corrected chi connectivity index (χ2v) is 5.06. The number of nitrogens with zero attached hydrogens (tertiary/aromatic N) is 1. The largest absolute Gasteiger partial charge is 0.465 e. The minimum Gasteiger partial charge on any atom is -0.465 e. The van der Waals surface area contributed by atoms with Crippen molar-refractivity contribution >= 4 is 11.9 Å². The molecule has 0 aromatic heterocycles. The third-order valence-electron chi connectivity index (χ3n) is 3.09. The number of rotatable bonds is 7. The highest BCUT2D eigenvalue weighted by Crippen LogP contribution is 2.15. The average Bonchev–Trinajstić information content (AvgIpc) is 2.46. The average molecular weight is 289 g/mol. The van der Waals surface area contributed by atoms with Crippen LogP contribution in [0.5, 0.6) is 0 Å². The van der Waals surface area contributed by atoms with Gasteiger partial charge in [0.25, 0.3) is 5.91 Å². The number of ether oxygens (including phenoxy) is 1. The van der Waals surface area contributed by atoms with E-state index in [0.717, 1.165) is 0 Å². The number of carbonyl (C=O) groups excluding carboxylic acids is 2. The summed E-state index contributed by atoms with van der Waals surface area (Å²) in [5, 5.41) is 0. The Balaban J connectivity index is 2.84. The van der Waals surface area contributed by atoms with Crippen LogP contribution in [0, 0.1) is 0 Å². The maximum Gasteiger partial charge on any atom is 0.325 e. The zero-order chi connectivity index (χ0) is 15.8. The Kier molecular flexibility index (Phi) is 6.66. The Hall–Kier alpha value is -2.10. The fourth-order valence-corrected chi connectivity index (χ4v) is 1.93. The quantitative estimate of drug-likeness (QED) is 0.572. The molecule has 21 heavy (non-hydrogen) atoms.